The predicted molar refractivity (Wildman–Crippen MR) is 160 cm³/mol. The molecule has 0 amide bonds. The van der Waals surface area contributed by atoms with Crippen molar-refractivity contribution < 1.29 is 32.1 Å². The summed E-state index contributed by atoms with van der Waals surface area (Å²) < 4.78 is 66.6. The van der Waals surface area contributed by atoms with Crippen LogP contribution < -0.4 is 0 Å². The summed E-state index contributed by atoms with van der Waals surface area (Å²) in [5.74, 6) is -1.20. The number of ether oxygens (including phenoxy) is 2. The lowest BCUT2D eigenvalue weighted by Crippen LogP contribution is -2.41. The van der Waals surface area contributed by atoms with Crippen molar-refractivity contribution in [3.8, 4) is 0 Å². The molecule has 0 bridgehead atoms. The highest BCUT2D eigenvalue weighted by atomic mass is 19.4. The summed E-state index contributed by atoms with van der Waals surface area (Å²) in [4.78, 5) is 5.23. The average molecular weight is 605 g/mol. The van der Waals surface area contributed by atoms with Crippen LogP contribution in [0.2, 0.25) is 0 Å². The zero-order valence-corrected chi connectivity index (χ0v) is 26.2. The molecule has 3 aliphatic rings. The minimum atomic E-state index is -4.69. The van der Waals surface area contributed by atoms with E-state index in [4.69, 9.17) is 14.5 Å². The van der Waals surface area contributed by atoms with Crippen LogP contribution in [-0.2, 0) is 17.3 Å². The van der Waals surface area contributed by atoms with Gasteiger partial charge in [0.25, 0.3) is 0 Å². The maximum atomic E-state index is 15.4. The number of aliphatic hydroxyl groups excluding tert-OH is 1. The van der Waals surface area contributed by atoms with E-state index in [-0.39, 0.29) is 34.5 Å². The second-order valence-electron chi connectivity index (χ2n) is 14.5. The first kappa shape index (κ1) is 32.1. The van der Waals surface area contributed by atoms with Gasteiger partial charge in [-0.25, -0.2) is 4.39 Å². The average Bonchev–Trinajstić information content (AvgIpc) is 2.89. The number of fused-ring (bicyclic) bond motifs is 1. The van der Waals surface area contributed by atoms with Gasteiger partial charge in [-0.05, 0) is 65.7 Å². The molecule has 1 spiro atoms. The molecule has 1 aliphatic heterocycles. The molecule has 1 aromatic heterocycles. The number of rotatable bonds is 7. The number of hydrogen-bond acceptors (Lipinski definition) is 3. The van der Waals surface area contributed by atoms with Crippen molar-refractivity contribution in [2.45, 2.75) is 117 Å². The summed E-state index contributed by atoms with van der Waals surface area (Å²) in [7, 11) is 0. The normalized spacial score (nSPS) is 21.8. The minimum absolute atomic E-state index is 0.0927. The van der Waals surface area contributed by atoms with Crippen LogP contribution in [0, 0.1) is 16.6 Å². The van der Waals surface area contributed by atoms with Gasteiger partial charge in [-0.1, -0.05) is 53.2 Å². The third kappa shape index (κ3) is 6.71. The van der Waals surface area contributed by atoms with Crippen molar-refractivity contribution in [3.05, 3.63) is 69.3 Å². The first-order chi connectivity index (χ1) is 20.1. The molecule has 0 radical (unpaired) electrons. The summed E-state index contributed by atoms with van der Waals surface area (Å²) in [5.41, 5.74) is 3.96. The van der Waals surface area contributed by atoms with Gasteiger partial charge in [0.15, 0.2) is 12.2 Å². The van der Waals surface area contributed by atoms with Gasteiger partial charge in [0, 0.05) is 36.6 Å². The number of aliphatic hydroxyl groups is 3. The molecule has 43 heavy (non-hydrogen) atoms. The van der Waals surface area contributed by atoms with Gasteiger partial charge in [-0.2, -0.15) is 13.2 Å². The van der Waals surface area contributed by atoms with E-state index in [9.17, 15) is 18.3 Å². The maximum Gasteiger partial charge on any atom is 0.416 e. The van der Waals surface area contributed by atoms with E-state index < -0.39 is 23.7 Å². The molecule has 2 N–H and O–H groups in total. The number of aromatic nitrogens is 1. The number of nitrogens with zero attached hydrogens (tertiary/aromatic N) is 1. The van der Waals surface area contributed by atoms with Gasteiger partial charge in [0.2, 0.25) is 0 Å². The van der Waals surface area contributed by atoms with E-state index >= 15 is 4.39 Å². The molecule has 8 heteroatoms. The van der Waals surface area contributed by atoms with Gasteiger partial charge in [-0.3, -0.25) is 4.98 Å². The molecule has 2 aromatic rings. The quantitative estimate of drug-likeness (QED) is 0.254. The zero-order valence-electron chi connectivity index (χ0n) is 26.2. The Balaban J connectivity index is 1.73. The van der Waals surface area contributed by atoms with Gasteiger partial charge in [0.05, 0.1) is 30.0 Å². The summed E-state index contributed by atoms with van der Waals surface area (Å²) in [6, 6.07) is 2.37. The van der Waals surface area contributed by atoms with E-state index in [1.807, 2.05) is 19.9 Å². The fraction of sp³-hybridized carbons (Fsp3) is 0.629. The van der Waals surface area contributed by atoms with Crippen LogP contribution >= 0.6 is 0 Å². The second kappa shape index (κ2) is 11.9. The Morgan fingerprint density at radius 1 is 1.14 bits per heavy atom. The molecule has 3 atom stereocenters. The number of hydrogen-bond donors (Lipinski definition) is 1. The van der Waals surface area contributed by atoms with Crippen LogP contribution in [0.25, 0.3) is 5.57 Å². The van der Waals surface area contributed by atoms with Gasteiger partial charge in [-0.15, -0.1) is 0 Å². The summed E-state index contributed by atoms with van der Waals surface area (Å²) in [6.45, 7) is 13.7. The third-order valence-electron chi connectivity index (χ3n) is 9.37. The fourth-order valence-corrected chi connectivity index (χ4v) is 7.45. The Labute approximate surface area is 252 Å². The van der Waals surface area contributed by atoms with E-state index in [1.165, 1.54) is 6.42 Å². The lowest BCUT2D eigenvalue weighted by atomic mass is 9.59. The Morgan fingerprint density at radius 2 is 1.86 bits per heavy atom. The van der Waals surface area contributed by atoms with Crippen molar-refractivity contribution >= 4 is 5.57 Å². The number of pyridine rings is 1. The van der Waals surface area contributed by atoms with Crippen molar-refractivity contribution in [1.29, 1.82) is 0 Å². The van der Waals surface area contributed by atoms with Gasteiger partial charge < -0.3 is 14.6 Å². The van der Waals surface area contributed by atoms with Crippen LogP contribution in [0.5, 0.6) is 0 Å². The van der Waals surface area contributed by atoms with Crippen LogP contribution in [0.3, 0.4) is 0 Å². The van der Waals surface area contributed by atoms with Crippen LogP contribution in [0.15, 0.2) is 24.3 Å². The van der Waals surface area contributed by atoms with Gasteiger partial charge in [0.1, 0.15) is 11.9 Å². The Bertz CT molecular complexity index is 1370. The highest BCUT2D eigenvalue weighted by Gasteiger charge is 2.49. The molecule has 1 aromatic carbocycles. The zero-order chi connectivity index (χ0) is 31.3. The molecule has 2 heterocycles. The SMILES string of the molecule is CC(CC(C)(C)C)[OH+][C@H]1CC2(CCC2)Cc2nc(C(C)C)c([C@@H](O)c3ccc(C(F)(F)F)cc3F)c(C3=CCOCC3)c21. The Kier molecular flexibility index (Phi) is 8.89. The Hall–Kier alpha value is -2.29. The largest absolute Gasteiger partial charge is 0.426 e. The first-order valence-electron chi connectivity index (χ1n) is 15.7. The molecule has 0 saturated heterocycles. The van der Waals surface area contributed by atoms with Crippen molar-refractivity contribution in [1.82, 2.24) is 4.98 Å². The second-order valence-corrected chi connectivity index (χ2v) is 14.5. The molecule has 2 aliphatic carbocycles. The maximum absolute atomic E-state index is 15.4. The van der Waals surface area contributed by atoms with E-state index in [2.05, 4.69) is 27.7 Å². The van der Waals surface area contributed by atoms with Crippen LogP contribution in [0.1, 0.15) is 137 Å². The number of benzene rings is 1. The molecule has 236 valence electrons. The predicted octanol–water partition coefficient (Wildman–Crippen LogP) is 8.76. The Morgan fingerprint density at radius 3 is 2.40 bits per heavy atom. The molecule has 1 saturated carbocycles. The standard InChI is InChI=1S/C35H45F4NO3/c1-20(2)31-30(32(41)24-9-8-23(16-25(24)36)35(37,38)39)28(22-10-14-42-15-11-22)29-26(40-31)18-34(12-7-13-34)19-27(29)43-21(3)17-33(4,5)6/h8-10,16,20-21,27,32,41H,7,11-15,17-19H2,1-6H3/p+1/t21?,27-,32-/m0/s1. The van der Waals surface area contributed by atoms with Crippen molar-refractivity contribution in [3.63, 3.8) is 0 Å². The molecular formula is C35H46F4NO3+. The fourth-order valence-electron chi connectivity index (χ4n) is 7.45. The van der Waals surface area contributed by atoms with Crippen LogP contribution in [-0.4, -0.2) is 34.1 Å². The molecular weight excluding hydrogens is 558 g/mol. The first-order valence-corrected chi connectivity index (χ1v) is 15.7. The van der Waals surface area contributed by atoms with Crippen molar-refractivity contribution in [2.24, 2.45) is 10.8 Å². The van der Waals surface area contributed by atoms with E-state index in [0.29, 0.717) is 37.0 Å². The van der Waals surface area contributed by atoms with Crippen LogP contribution in [0.4, 0.5) is 17.6 Å². The number of alkyl halides is 3. The van der Waals surface area contributed by atoms with E-state index in [1.54, 1.807) is 0 Å². The molecule has 1 fully saturated rings. The number of halogens is 4. The van der Waals surface area contributed by atoms with Gasteiger partial charge >= 0.3 is 6.18 Å². The minimum Gasteiger partial charge on any atom is -0.426 e. The summed E-state index contributed by atoms with van der Waals surface area (Å²) in [6.07, 6.45) is 2.52. The van der Waals surface area contributed by atoms with Crippen molar-refractivity contribution in [2.75, 3.05) is 13.2 Å². The summed E-state index contributed by atoms with van der Waals surface area (Å²) >= 11 is 0. The monoisotopic (exact) mass is 604 g/mol. The molecule has 1 unspecified atom stereocenters. The molecule has 4 nitrogen and oxygen atoms in total. The topological polar surface area (TPSA) is 55.2 Å². The van der Waals surface area contributed by atoms with E-state index in [0.717, 1.165) is 66.6 Å². The molecule has 5 rings (SSSR count). The smallest absolute Gasteiger partial charge is 0.416 e. The highest BCUT2D eigenvalue weighted by Crippen LogP contribution is 2.56. The highest BCUT2D eigenvalue weighted by molar-refractivity contribution is 5.75. The lowest BCUT2D eigenvalue weighted by molar-refractivity contribution is -0.189. The summed E-state index contributed by atoms with van der Waals surface area (Å²) in [5, 5.41) is 11.9. The lowest BCUT2D eigenvalue weighted by Gasteiger charge is -2.47. The third-order valence-corrected chi connectivity index (χ3v) is 9.37.